The standard InChI is InChI=1S/C16H25N7O/c1-3-24-10-14-20-13-5-8-17-7-4-12(13)16(21-14)18-9-6-15-22-19-11-23(15)2/h11,17H,3-10H2,1-2H3,(H,18,20,21). The first-order valence-corrected chi connectivity index (χ1v) is 8.51. The van der Waals surface area contributed by atoms with E-state index in [1.54, 1.807) is 6.33 Å². The van der Waals surface area contributed by atoms with Crippen LogP contribution in [0.15, 0.2) is 6.33 Å². The van der Waals surface area contributed by atoms with Crippen LogP contribution in [-0.4, -0.2) is 51.0 Å². The topological polar surface area (TPSA) is 89.8 Å². The molecule has 0 atom stereocenters. The van der Waals surface area contributed by atoms with Crippen LogP contribution in [0.3, 0.4) is 0 Å². The van der Waals surface area contributed by atoms with E-state index >= 15 is 0 Å². The summed E-state index contributed by atoms with van der Waals surface area (Å²) < 4.78 is 7.42. The zero-order valence-electron chi connectivity index (χ0n) is 14.4. The van der Waals surface area contributed by atoms with Gasteiger partial charge in [-0.2, -0.15) is 0 Å². The number of ether oxygens (including phenoxy) is 1. The average molecular weight is 331 g/mol. The molecular weight excluding hydrogens is 306 g/mol. The van der Waals surface area contributed by atoms with Gasteiger partial charge in [-0.25, -0.2) is 9.97 Å². The van der Waals surface area contributed by atoms with Crippen LogP contribution in [0.2, 0.25) is 0 Å². The van der Waals surface area contributed by atoms with Gasteiger partial charge in [0.25, 0.3) is 0 Å². The number of anilines is 1. The number of nitrogens with one attached hydrogen (secondary N) is 2. The van der Waals surface area contributed by atoms with Gasteiger partial charge in [0, 0.05) is 45.1 Å². The minimum atomic E-state index is 0.454. The summed E-state index contributed by atoms with van der Waals surface area (Å²) in [5, 5.41) is 14.9. The molecule has 3 heterocycles. The molecule has 0 saturated carbocycles. The van der Waals surface area contributed by atoms with E-state index in [4.69, 9.17) is 9.72 Å². The maximum Gasteiger partial charge on any atom is 0.156 e. The molecule has 0 spiro atoms. The number of aryl methyl sites for hydroxylation is 1. The fourth-order valence-electron chi connectivity index (χ4n) is 2.83. The first-order valence-electron chi connectivity index (χ1n) is 8.51. The fourth-order valence-corrected chi connectivity index (χ4v) is 2.83. The maximum absolute atomic E-state index is 5.49. The third-order valence-electron chi connectivity index (χ3n) is 4.11. The van der Waals surface area contributed by atoms with Gasteiger partial charge in [0.2, 0.25) is 0 Å². The molecule has 8 nitrogen and oxygen atoms in total. The van der Waals surface area contributed by atoms with E-state index in [0.717, 1.165) is 62.1 Å². The van der Waals surface area contributed by atoms with Gasteiger partial charge < -0.3 is 19.9 Å². The fraction of sp³-hybridized carbons (Fsp3) is 0.625. The Morgan fingerprint density at radius 2 is 2.17 bits per heavy atom. The molecule has 2 aromatic heterocycles. The summed E-state index contributed by atoms with van der Waals surface area (Å²) in [5.74, 6) is 2.64. The Morgan fingerprint density at radius 3 is 2.96 bits per heavy atom. The molecule has 3 rings (SSSR count). The summed E-state index contributed by atoms with van der Waals surface area (Å²) in [6.07, 6.45) is 4.39. The van der Waals surface area contributed by atoms with Crippen molar-refractivity contribution in [3.63, 3.8) is 0 Å². The number of rotatable bonds is 7. The van der Waals surface area contributed by atoms with Crippen molar-refractivity contribution in [3.05, 3.63) is 29.2 Å². The van der Waals surface area contributed by atoms with Crippen LogP contribution in [0, 0.1) is 0 Å². The van der Waals surface area contributed by atoms with E-state index in [0.29, 0.717) is 13.2 Å². The summed E-state index contributed by atoms with van der Waals surface area (Å²) in [6.45, 7) is 5.77. The van der Waals surface area contributed by atoms with E-state index in [9.17, 15) is 0 Å². The highest BCUT2D eigenvalue weighted by Gasteiger charge is 2.16. The lowest BCUT2D eigenvalue weighted by molar-refractivity contribution is 0.128. The molecule has 130 valence electrons. The lowest BCUT2D eigenvalue weighted by Crippen LogP contribution is -2.16. The van der Waals surface area contributed by atoms with Crippen molar-refractivity contribution in [1.29, 1.82) is 0 Å². The Bertz CT molecular complexity index is 670. The summed E-state index contributed by atoms with van der Waals surface area (Å²) >= 11 is 0. The monoisotopic (exact) mass is 331 g/mol. The van der Waals surface area contributed by atoms with Gasteiger partial charge in [-0.3, -0.25) is 0 Å². The second-order valence-corrected chi connectivity index (χ2v) is 5.84. The third-order valence-corrected chi connectivity index (χ3v) is 4.11. The molecule has 0 radical (unpaired) electrons. The molecule has 0 bridgehead atoms. The number of hydrogen-bond acceptors (Lipinski definition) is 7. The van der Waals surface area contributed by atoms with E-state index in [1.165, 1.54) is 5.56 Å². The predicted molar refractivity (Wildman–Crippen MR) is 90.8 cm³/mol. The van der Waals surface area contributed by atoms with E-state index in [2.05, 4.69) is 25.8 Å². The molecule has 0 saturated heterocycles. The van der Waals surface area contributed by atoms with Crippen molar-refractivity contribution in [2.75, 3.05) is 31.6 Å². The van der Waals surface area contributed by atoms with Crippen LogP contribution in [0.25, 0.3) is 0 Å². The molecule has 2 aromatic rings. The Balaban J connectivity index is 1.75. The maximum atomic E-state index is 5.49. The van der Waals surface area contributed by atoms with Gasteiger partial charge in [0.05, 0.1) is 5.69 Å². The first-order chi connectivity index (χ1) is 11.8. The van der Waals surface area contributed by atoms with Gasteiger partial charge >= 0.3 is 0 Å². The van der Waals surface area contributed by atoms with Crippen molar-refractivity contribution in [3.8, 4) is 0 Å². The van der Waals surface area contributed by atoms with Crippen LogP contribution in [-0.2, 0) is 37.7 Å². The molecule has 0 amide bonds. The van der Waals surface area contributed by atoms with Gasteiger partial charge in [0.15, 0.2) is 5.82 Å². The van der Waals surface area contributed by atoms with Crippen LogP contribution >= 0.6 is 0 Å². The number of aromatic nitrogens is 5. The molecule has 0 fully saturated rings. The van der Waals surface area contributed by atoms with Crippen molar-refractivity contribution in [2.45, 2.75) is 32.8 Å². The van der Waals surface area contributed by atoms with Crippen LogP contribution in [0.1, 0.15) is 29.8 Å². The Kier molecular flexibility index (Phi) is 5.71. The second kappa shape index (κ2) is 8.16. The van der Waals surface area contributed by atoms with Crippen molar-refractivity contribution >= 4 is 5.82 Å². The Labute approximate surface area is 142 Å². The van der Waals surface area contributed by atoms with Crippen LogP contribution in [0.5, 0.6) is 0 Å². The molecule has 0 aromatic carbocycles. The summed E-state index contributed by atoms with van der Waals surface area (Å²) in [6, 6.07) is 0. The van der Waals surface area contributed by atoms with E-state index < -0.39 is 0 Å². The van der Waals surface area contributed by atoms with E-state index in [1.807, 2.05) is 18.5 Å². The molecule has 0 unspecified atom stereocenters. The molecule has 2 N–H and O–H groups in total. The van der Waals surface area contributed by atoms with E-state index in [-0.39, 0.29) is 0 Å². The molecule has 8 heteroatoms. The molecule has 1 aliphatic heterocycles. The summed E-state index contributed by atoms with van der Waals surface area (Å²) in [5.41, 5.74) is 2.35. The number of fused-ring (bicyclic) bond motifs is 1. The molecule has 1 aliphatic rings. The number of nitrogens with zero attached hydrogens (tertiary/aromatic N) is 5. The molecule has 0 aliphatic carbocycles. The summed E-state index contributed by atoms with van der Waals surface area (Å²) in [7, 11) is 1.96. The minimum absolute atomic E-state index is 0.454. The average Bonchev–Trinajstić information content (AvgIpc) is 2.84. The van der Waals surface area contributed by atoms with Crippen LogP contribution < -0.4 is 10.6 Å². The lowest BCUT2D eigenvalue weighted by Gasteiger charge is -2.14. The van der Waals surface area contributed by atoms with Crippen molar-refractivity contribution in [1.82, 2.24) is 30.0 Å². The highest BCUT2D eigenvalue weighted by Crippen LogP contribution is 2.20. The number of hydrogen-bond donors (Lipinski definition) is 2. The SMILES string of the molecule is CCOCc1nc2c(c(NCCc3nncn3C)n1)CCNCC2. The Morgan fingerprint density at radius 1 is 1.29 bits per heavy atom. The van der Waals surface area contributed by atoms with Crippen LogP contribution in [0.4, 0.5) is 5.82 Å². The van der Waals surface area contributed by atoms with Gasteiger partial charge in [0.1, 0.15) is 24.6 Å². The molecule has 24 heavy (non-hydrogen) atoms. The highest BCUT2D eigenvalue weighted by molar-refractivity contribution is 5.47. The third kappa shape index (κ3) is 4.07. The first kappa shape index (κ1) is 16.8. The lowest BCUT2D eigenvalue weighted by atomic mass is 10.1. The minimum Gasteiger partial charge on any atom is -0.374 e. The zero-order valence-corrected chi connectivity index (χ0v) is 14.4. The predicted octanol–water partition coefficient (Wildman–Crippen LogP) is 0.484. The van der Waals surface area contributed by atoms with Crippen molar-refractivity contribution < 1.29 is 4.74 Å². The normalized spacial score (nSPS) is 14.2. The Hall–Kier alpha value is -2.06. The van der Waals surface area contributed by atoms with Gasteiger partial charge in [-0.05, 0) is 19.9 Å². The quantitative estimate of drug-likeness (QED) is 0.763. The molecular formula is C16H25N7O. The smallest absolute Gasteiger partial charge is 0.156 e. The van der Waals surface area contributed by atoms with Crippen molar-refractivity contribution in [2.24, 2.45) is 7.05 Å². The summed E-state index contributed by atoms with van der Waals surface area (Å²) in [4.78, 5) is 9.39. The van der Waals surface area contributed by atoms with Gasteiger partial charge in [-0.15, -0.1) is 10.2 Å². The largest absolute Gasteiger partial charge is 0.374 e. The second-order valence-electron chi connectivity index (χ2n) is 5.84. The van der Waals surface area contributed by atoms with Gasteiger partial charge in [-0.1, -0.05) is 0 Å². The highest BCUT2D eigenvalue weighted by atomic mass is 16.5. The zero-order chi connectivity index (χ0) is 16.8.